The third kappa shape index (κ3) is 2.79. The largest absolute Gasteiger partial charge is 0.473 e. The van der Waals surface area contributed by atoms with E-state index in [2.05, 4.69) is 8.75 Å². The number of nitrogens with zero attached hydrogens (tertiary/aromatic N) is 2. The normalized spacial score (nSPS) is 12.9. The van der Waals surface area contributed by atoms with Gasteiger partial charge in [-0.1, -0.05) is 0 Å². The molecule has 1 aromatic heterocycles. The summed E-state index contributed by atoms with van der Waals surface area (Å²) in [6.07, 6.45) is 0.603. The minimum Gasteiger partial charge on any atom is -0.473 e. The Morgan fingerprint density at radius 3 is 3.09 bits per heavy atom. The van der Waals surface area contributed by atoms with Crippen LogP contribution in [0.15, 0.2) is 6.20 Å². The highest BCUT2D eigenvalue weighted by Crippen LogP contribution is 2.04. The first-order valence-corrected chi connectivity index (χ1v) is 3.75. The van der Waals surface area contributed by atoms with Crippen molar-refractivity contribution in [1.29, 1.82) is 0 Å². The molecule has 1 atom stereocenters. The van der Waals surface area contributed by atoms with Crippen LogP contribution in [-0.2, 0) is 0 Å². The van der Waals surface area contributed by atoms with E-state index < -0.39 is 6.10 Å². The minimum absolute atomic E-state index is 0.0436. The van der Waals surface area contributed by atoms with Gasteiger partial charge in [0.25, 0.3) is 0 Å². The van der Waals surface area contributed by atoms with Crippen molar-refractivity contribution in [3.63, 3.8) is 0 Å². The fraction of sp³-hybridized carbons (Fsp3) is 0.600. The second-order valence-electron chi connectivity index (χ2n) is 1.89. The molecule has 1 aromatic rings. The molecule has 0 aliphatic heterocycles. The van der Waals surface area contributed by atoms with Gasteiger partial charge in [0.1, 0.15) is 18.9 Å². The van der Waals surface area contributed by atoms with Crippen LogP contribution in [0.25, 0.3) is 0 Å². The first kappa shape index (κ1) is 8.38. The lowest BCUT2D eigenvalue weighted by Gasteiger charge is -2.05. The average Bonchev–Trinajstić information content (AvgIpc) is 2.52. The molecule has 0 unspecified atom stereocenters. The second kappa shape index (κ2) is 4.22. The van der Waals surface area contributed by atoms with Crippen molar-refractivity contribution in [2.45, 2.75) is 6.10 Å². The van der Waals surface area contributed by atoms with Crippen molar-refractivity contribution in [1.82, 2.24) is 8.75 Å². The van der Waals surface area contributed by atoms with Gasteiger partial charge < -0.3 is 14.9 Å². The Kier molecular flexibility index (Phi) is 3.21. The summed E-state index contributed by atoms with van der Waals surface area (Å²) in [6.45, 7) is -0.264. The summed E-state index contributed by atoms with van der Waals surface area (Å²) >= 11 is 1.03. The first-order chi connectivity index (χ1) is 5.33. The highest BCUT2D eigenvalue weighted by Gasteiger charge is 2.03. The Morgan fingerprint density at radius 1 is 1.73 bits per heavy atom. The van der Waals surface area contributed by atoms with Crippen LogP contribution in [0.3, 0.4) is 0 Å². The highest BCUT2D eigenvalue weighted by molar-refractivity contribution is 6.99. The van der Waals surface area contributed by atoms with Crippen LogP contribution in [0, 0.1) is 0 Å². The van der Waals surface area contributed by atoms with E-state index >= 15 is 0 Å². The van der Waals surface area contributed by atoms with E-state index in [4.69, 9.17) is 14.9 Å². The SMILES string of the molecule is OC[C@H](O)COc1cnsn1. The number of aliphatic hydroxyl groups excluding tert-OH is 2. The summed E-state index contributed by atoms with van der Waals surface area (Å²) < 4.78 is 12.4. The van der Waals surface area contributed by atoms with Crippen LogP contribution in [-0.4, -0.2) is 38.3 Å². The van der Waals surface area contributed by atoms with Gasteiger partial charge in [-0.05, 0) is 0 Å². The molecule has 0 amide bonds. The molecule has 0 aromatic carbocycles. The van der Waals surface area contributed by atoms with Gasteiger partial charge in [0.2, 0.25) is 5.88 Å². The molecule has 0 aliphatic carbocycles. The molecule has 62 valence electrons. The summed E-state index contributed by atoms with van der Waals surface area (Å²) in [6, 6.07) is 0. The Balaban J connectivity index is 2.23. The van der Waals surface area contributed by atoms with Crippen LogP contribution < -0.4 is 4.74 Å². The fourth-order valence-electron chi connectivity index (χ4n) is 0.454. The first-order valence-electron chi connectivity index (χ1n) is 3.02. The van der Waals surface area contributed by atoms with Gasteiger partial charge in [-0.25, -0.2) is 0 Å². The van der Waals surface area contributed by atoms with Crippen LogP contribution in [0.4, 0.5) is 0 Å². The molecule has 0 saturated carbocycles. The summed E-state index contributed by atoms with van der Waals surface area (Å²) in [4.78, 5) is 0. The Labute approximate surface area is 67.6 Å². The zero-order valence-corrected chi connectivity index (χ0v) is 6.49. The van der Waals surface area contributed by atoms with E-state index in [1.807, 2.05) is 0 Å². The van der Waals surface area contributed by atoms with E-state index in [1.54, 1.807) is 0 Å². The number of rotatable bonds is 4. The molecule has 0 aliphatic rings. The summed E-state index contributed by atoms with van der Waals surface area (Å²) in [5, 5.41) is 17.2. The molecular weight excluding hydrogens is 168 g/mol. The predicted molar refractivity (Wildman–Crippen MR) is 38.5 cm³/mol. The molecule has 1 rings (SSSR count). The molecule has 0 radical (unpaired) electrons. The topological polar surface area (TPSA) is 75.5 Å². The number of hydrogen-bond donors (Lipinski definition) is 2. The molecule has 11 heavy (non-hydrogen) atoms. The van der Waals surface area contributed by atoms with Crippen molar-refractivity contribution in [2.24, 2.45) is 0 Å². The summed E-state index contributed by atoms with van der Waals surface area (Å²) in [5.41, 5.74) is 0. The molecule has 6 heteroatoms. The predicted octanol–water partition coefficient (Wildman–Crippen LogP) is -0.730. The van der Waals surface area contributed by atoms with Crippen molar-refractivity contribution in [2.75, 3.05) is 13.2 Å². The number of aliphatic hydroxyl groups is 2. The monoisotopic (exact) mass is 176 g/mol. The Morgan fingerprint density at radius 2 is 2.55 bits per heavy atom. The number of hydrogen-bond acceptors (Lipinski definition) is 6. The molecule has 5 nitrogen and oxygen atoms in total. The fourth-order valence-corrected chi connectivity index (χ4v) is 0.819. The van der Waals surface area contributed by atoms with Gasteiger partial charge in [0.15, 0.2) is 0 Å². The molecule has 0 spiro atoms. The smallest absolute Gasteiger partial charge is 0.245 e. The number of ether oxygens (including phenoxy) is 1. The average molecular weight is 176 g/mol. The highest BCUT2D eigenvalue weighted by atomic mass is 32.1. The summed E-state index contributed by atoms with van der Waals surface area (Å²) in [7, 11) is 0. The van der Waals surface area contributed by atoms with E-state index in [0.29, 0.717) is 5.88 Å². The Bertz CT molecular complexity index is 192. The van der Waals surface area contributed by atoms with E-state index in [1.165, 1.54) is 6.20 Å². The van der Waals surface area contributed by atoms with Gasteiger partial charge in [-0.2, -0.15) is 4.37 Å². The zero-order valence-electron chi connectivity index (χ0n) is 5.67. The molecule has 0 bridgehead atoms. The lowest BCUT2D eigenvalue weighted by atomic mass is 10.4. The molecule has 1 heterocycles. The van der Waals surface area contributed by atoms with Crippen LogP contribution >= 0.6 is 11.7 Å². The molecule has 2 N–H and O–H groups in total. The van der Waals surface area contributed by atoms with Gasteiger partial charge in [0, 0.05) is 0 Å². The van der Waals surface area contributed by atoms with Crippen LogP contribution in [0.1, 0.15) is 0 Å². The van der Waals surface area contributed by atoms with Crippen LogP contribution in [0.2, 0.25) is 0 Å². The third-order valence-corrected chi connectivity index (χ3v) is 1.44. The Hall–Kier alpha value is -0.720. The zero-order chi connectivity index (χ0) is 8.10. The number of aromatic nitrogens is 2. The molecule has 0 fully saturated rings. The van der Waals surface area contributed by atoms with Gasteiger partial charge in [-0.15, -0.1) is 4.37 Å². The van der Waals surface area contributed by atoms with Crippen molar-refractivity contribution in [3.05, 3.63) is 6.20 Å². The third-order valence-electron chi connectivity index (χ3n) is 0.975. The molecular formula is C5H8N2O3S. The second-order valence-corrected chi connectivity index (χ2v) is 2.45. The van der Waals surface area contributed by atoms with E-state index in [-0.39, 0.29) is 13.2 Å². The van der Waals surface area contributed by atoms with Gasteiger partial charge in [-0.3, -0.25) is 0 Å². The van der Waals surface area contributed by atoms with Gasteiger partial charge >= 0.3 is 0 Å². The summed E-state index contributed by atoms with van der Waals surface area (Å²) in [5.74, 6) is 0.377. The van der Waals surface area contributed by atoms with Crippen molar-refractivity contribution >= 4 is 11.7 Å². The maximum absolute atomic E-state index is 8.84. The van der Waals surface area contributed by atoms with Crippen molar-refractivity contribution < 1.29 is 14.9 Å². The minimum atomic E-state index is -0.850. The maximum atomic E-state index is 8.84. The van der Waals surface area contributed by atoms with E-state index in [9.17, 15) is 0 Å². The van der Waals surface area contributed by atoms with Crippen LogP contribution in [0.5, 0.6) is 5.88 Å². The standard InChI is InChI=1S/C5H8N2O3S/c8-2-4(9)3-10-5-1-6-11-7-5/h1,4,8-9H,2-3H2/t4-/m0/s1. The van der Waals surface area contributed by atoms with Gasteiger partial charge in [0.05, 0.1) is 18.3 Å². The quantitative estimate of drug-likeness (QED) is 0.632. The van der Waals surface area contributed by atoms with Crippen molar-refractivity contribution in [3.8, 4) is 5.88 Å². The van der Waals surface area contributed by atoms with E-state index in [0.717, 1.165) is 11.7 Å². The lowest BCUT2D eigenvalue weighted by Crippen LogP contribution is -2.21. The molecule has 0 saturated heterocycles. The maximum Gasteiger partial charge on any atom is 0.245 e. The lowest BCUT2D eigenvalue weighted by molar-refractivity contribution is 0.0524.